The third-order valence-electron chi connectivity index (χ3n) is 3.27. The van der Waals surface area contributed by atoms with Gasteiger partial charge in [0, 0.05) is 12.6 Å². The van der Waals surface area contributed by atoms with E-state index >= 15 is 0 Å². The van der Waals surface area contributed by atoms with E-state index in [1.807, 2.05) is 19.1 Å². The maximum atomic E-state index is 13.7. The number of methoxy groups -OCH3 is 1. The second kappa shape index (κ2) is 7.00. The fourth-order valence-corrected chi connectivity index (χ4v) is 2.24. The molecule has 1 N–H and O–H groups in total. The van der Waals surface area contributed by atoms with Gasteiger partial charge in [-0.3, -0.25) is 0 Å². The Hall–Kier alpha value is -1.46. The first-order valence-corrected chi connectivity index (χ1v) is 7.31. The van der Waals surface area contributed by atoms with Crippen LogP contribution in [0.1, 0.15) is 24.1 Å². The number of benzene rings is 2. The molecule has 0 aliphatic heterocycles. The number of ether oxygens (including phenoxy) is 1. The molecule has 0 heterocycles. The van der Waals surface area contributed by atoms with Crippen LogP contribution in [-0.2, 0) is 6.54 Å². The molecule has 2 rings (SSSR count). The van der Waals surface area contributed by atoms with Gasteiger partial charge in [0.15, 0.2) is 11.6 Å². The van der Waals surface area contributed by atoms with Crippen LogP contribution in [0.3, 0.4) is 0 Å². The summed E-state index contributed by atoms with van der Waals surface area (Å²) in [6.07, 6.45) is 0. The van der Waals surface area contributed by atoms with E-state index < -0.39 is 5.82 Å². The number of hydrogen-bond acceptors (Lipinski definition) is 2. The average Bonchev–Trinajstić information content (AvgIpc) is 2.48. The van der Waals surface area contributed by atoms with Crippen molar-refractivity contribution in [2.24, 2.45) is 0 Å². The van der Waals surface area contributed by atoms with Gasteiger partial charge in [-0.1, -0.05) is 12.1 Å². The standard InChI is InChI=1S/C16H16BrF2NO/c1-10(12-4-6-16(21-2)15(19)8-12)20-9-11-3-5-13(17)14(18)7-11/h3-8,10,20H,9H2,1-2H3. The van der Waals surface area contributed by atoms with Gasteiger partial charge in [0.25, 0.3) is 0 Å². The van der Waals surface area contributed by atoms with Gasteiger partial charge in [0.2, 0.25) is 0 Å². The Balaban J connectivity index is 2.02. The molecule has 0 radical (unpaired) electrons. The second-order valence-electron chi connectivity index (χ2n) is 4.75. The van der Waals surface area contributed by atoms with Gasteiger partial charge in [-0.15, -0.1) is 0 Å². The first-order chi connectivity index (χ1) is 10.0. The molecular weight excluding hydrogens is 340 g/mol. The van der Waals surface area contributed by atoms with E-state index in [9.17, 15) is 8.78 Å². The molecule has 0 saturated heterocycles. The molecule has 0 aromatic heterocycles. The fourth-order valence-electron chi connectivity index (χ4n) is 1.99. The van der Waals surface area contributed by atoms with Crippen molar-refractivity contribution in [3.05, 3.63) is 63.6 Å². The smallest absolute Gasteiger partial charge is 0.165 e. The predicted molar refractivity (Wildman–Crippen MR) is 82.3 cm³/mol. The zero-order valence-electron chi connectivity index (χ0n) is 11.8. The van der Waals surface area contributed by atoms with E-state index in [4.69, 9.17) is 4.74 Å². The van der Waals surface area contributed by atoms with E-state index in [1.165, 1.54) is 19.2 Å². The molecule has 0 spiro atoms. The summed E-state index contributed by atoms with van der Waals surface area (Å²) < 4.78 is 32.4. The minimum atomic E-state index is -0.390. The Labute approximate surface area is 131 Å². The summed E-state index contributed by atoms with van der Waals surface area (Å²) in [5.41, 5.74) is 1.64. The van der Waals surface area contributed by atoms with Crippen molar-refractivity contribution in [3.63, 3.8) is 0 Å². The van der Waals surface area contributed by atoms with Crippen LogP contribution in [0.15, 0.2) is 40.9 Å². The van der Waals surface area contributed by atoms with Crippen molar-refractivity contribution in [2.45, 2.75) is 19.5 Å². The van der Waals surface area contributed by atoms with Gasteiger partial charge in [-0.2, -0.15) is 0 Å². The van der Waals surface area contributed by atoms with Crippen LogP contribution >= 0.6 is 15.9 Å². The number of hydrogen-bond donors (Lipinski definition) is 1. The highest BCUT2D eigenvalue weighted by atomic mass is 79.9. The monoisotopic (exact) mass is 355 g/mol. The van der Waals surface area contributed by atoms with Crippen molar-refractivity contribution >= 4 is 15.9 Å². The number of rotatable bonds is 5. The minimum Gasteiger partial charge on any atom is -0.494 e. The lowest BCUT2D eigenvalue weighted by molar-refractivity contribution is 0.385. The second-order valence-corrected chi connectivity index (χ2v) is 5.60. The van der Waals surface area contributed by atoms with Crippen molar-refractivity contribution in [3.8, 4) is 5.75 Å². The molecule has 0 saturated carbocycles. The van der Waals surface area contributed by atoms with Crippen LogP contribution in [0.4, 0.5) is 8.78 Å². The van der Waals surface area contributed by atoms with Crippen LogP contribution in [0.2, 0.25) is 0 Å². The average molecular weight is 356 g/mol. The third-order valence-corrected chi connectivity index (χ3v) is 3.92. The molecule has 0 aliphatic carbocycles. The Morgan fingerprint density at radius 3 is 2.52 bits per heavy atom. The lowest BCUT2D eigenvalue weighted by atomic mass is 10.1. The Morgan fingerprint density at radius 1 is 1.14 bits per heavy atom. The first-order valence-electron chi connectivity index (χ1n) is 6.52. The summed E-state index contributed by atoms with van der Waals surface area (Å²) in [7, 11) is 1.43. The Bertz CT molecular complexity index is 634. The minimum absolute atomic E-state index is 0.0582. The first kappa shape index (κ1) is 15.9. The van der Waals surface area contributed by atoms with Crippen LogP contribution in [-0.4, -0.2) is 7.11 Å². The molecule has 112 valence electrons. The molecule has 0 aliphatic rings. The van der Waals surface area contributed by atoms with Crippen LogP contribution in [0, 0.1) is 11.6 Å². The normalized spacial score (nSPS) is 12.2. The lowest BCUT2D eigenvalue weighted by Gasteiger charge is -2.15. The highest BCUT2D eigenvalue weighted by Crippen LogP contribution is 2.22. The van der Waals surface area contributed by atoms with E-state index in [2.05, 4.69) is 21.2 Å². The predicted octanol–water partition coefficient (Wildman–Crippen LogP) is 4.59. The zero-order valence-corrected chi connectivity index (χ0v) is 13.4. The summed E-state index contributed by atoms with van der Waals surface area (Å²) in [5.74, 6) is -0.461. The summed E-state index contributed by atoms with van der Waals surface area (Å²) in [6.45, 7) is 2.43. The van der Waals surface area contributed by atoms with Crippen LogP contribution in [0.25, 0.3) is 0 Å². The summed E-state index contributed by atoms with van der Waals surface area (Å²) >= 11 is 3.12. The summed E-state index contributed by atoms with van der Waals surface area (Å²) in [6, 6.07) is 9.77. The molecule has 2 aromatic carbocycles. The van der Waals surface area contributed by atoms with Gasteiger partial charge < -0.3 is 10.1 Å². The number of halogens is 3. The molecule has 2 nitrogen and oxygen atoms in total. The van der Waals surface area contributed by atoms with Gasteiger partial charge in [0.05, 0.1) is 11.6 Å². The van der Waals surface area contributed by atoms with Crippen molar-refractivity contribution in [1.82, 2.24) is 5.32 Å². The van der Waals surface area contributed by atoms with Gasteiger partial charge in [0.1, 0.15) is 5.82 Å². The lowest BCUT2D eigenvalue weighted by Crippen LogP contribution is -2.18. The van der Waals surface area contributed by atoms with Crippen molar-refractivity contribution < 1.29 is 13.5 Å². The highest BCUT2D eigenvalue weighted by Gasteiger charge is 2.09. The molecule has 0 fully saturated rings. The molecule has 5 heteroatoms. The Morgan fingerprint density at radius 2 is 1.90 bits per heavy atom. The van der Waals surface area contributed by atoms with E-state index in [-0.39, 0.29) is 17.6 Å². The highest BCUT2D eigenvalue weighted by molar-refractivity contribution is 9.10. The molecule has 2 aromatic rings. The third kappa shape index (κ3) is 4.02. The van der Waals surface area contributed by atoms with Gasteiger partial charge >= 0.3 is 0 Å². The molecule has 1 atom stereocenters. The molecule has 1 unspecified atom stereocenters. The topological polar surface area (TPSA) is 21.3 Å². The molecule has 21 heavy (non-hydrogen) atoms. The molecule has 0 amide bonds. The SMILES string of the molecule is COc1ccc(C(C)NCc2ccc(Br)c(F)c2)cc1F. The largest absolute Gasteiger partial charge is 0.494 e. The van der Waals surface area contributed by atoms with Crippen LogP contribution < -0.4 is 10.1 Å². The van der Waals surface area contributed by atoms with Crippen molar-refractivity contribution in [1.29, 1.82) is 0 Å². The van der Waals surface area contributed by atoms with E-state index in [0.717, 1.165) is 11.1 Å². The maximum absolute atomic E-state index is 13.7. The quantitative estimate of drug-likeness (QED) is 0.846. The summed E-state index contributed by atoms with van der Waals surface area (Å²) in [4.78, 5) is 0. The van der Waals surface area contributed by atoms with Gasteiger partial charge in [-0.25, -0.2) is 8.78 Å². The fraction of sp³-hybridized carbons (Fsp3) is 0.250. The maximum Gasteiger partial charge on any atom is 0.165 e. The molecule has 0 bridgehead atoms. The van der Waals surface area contributed by atoms with Gasteiger partial charge in [-0.05, 0) is 58.2 Å². The zero-order chi connectivity index (χ0) is 15.4. The van der Waals surface area contributed by atoms with Crippen LogP contribution in [0.5, 0.6) is 5.75 Å². The molecular formula is C16H16BrF2NO. The Kier molecular flexibility index (Phi) is 5.31. The van der Waals surface area contributed by atoms with E-state index in [0.29, 0.717) is 11.0 Å². The summed E-state index contributed by atoms with van der Waals surface area (Å²) in [5, 5.41) is 3.24. The van der Waals surface area contributed by atoms with E-state index in [1.54, 1.807) is 12.1 Å². The van der Waals surface area contributed by atoms with Crippen molar-refractivity contribution in [2.75, 3.05) is 7.11 Å². The number of nitrogens with one attached hydrogen (secondary N) is 1.